The molecule has 0 fully saturated rings. The van der Waals surface area contributed by atoms with E-state index in [2.05, 4.69) is 6.58 Å². The third-order valence-corrected chi connectivity index (χ3v) is 2.32. The van der Waals surface area contributed by atoms with Crippen molar-refractivity contribution < 1.29 is 9.53 Å². The first-order valence-electron chi connectivity index (χ1n) is 5.22. The van der Waals surface area contributed by atoms with Gasteiger partial charge in [-0.2, -0.15) is 0 Å². The highest BCUT2D eigenvalue weighted by Gasteiger charge is 2.09. The summed E-state index contributed by atoms with van der Waals surface area (Å²) in [6.07, 6.45) is 2.59. The van der Waals surface area contributed by atoms with Crippen molar-refractivity contribution in [1.82, 2.24) is 0 Å². The van der Waals surface area contributed by atoms with E-state index in [1.165, 1.54) is 0 Å². The van der Waals surface area contributed by atoms with Gasteiger partial charge in [-0.25, -0.2) is 0 Å². The highest BCUT2D eigenvalue weighted by Crippen LogP contribution is 2.19. The van der Waals surface area contributed by atoms with Crippen LogP contribution in [0.3, 0.4) is 0 Å². The summed E-state index contributed by atoms with van der Waals surface area (Å²) < 4.78 is 5.07. The van der Waals surface area contributed by atoms with E-state index >= 15 is 0 Å². The lowest BCUT2D eigenvalue weighted by molar-refractivity contribution is -0.116. The minimum absolute atomic E-state index is 0.0343. The van der Waals surface area contributed by atoms with Crippen LogP contribution in [0.5, 0.6) is 5.75 Å². The van der Waals surface area contributed by atoms with Crippen LogP contribution in [0.15, 0.2) is 36.9 Å². The quantitative estimate of drug-likeness (QED) is 0.712. The summed E-state index contributed by atoms with van der Waals surface area (Å²) in [5, 5.41) is 0. The summed E-state index contributed by atoms with van der Waals surface area (Å²) in [6.45, 7) is 5.88. The van der Waals surface area contributed by atoms with E-state index in [1.807, 2.05) is 24.3 Å². The van der Waals surface area contributed by atoms with Gasteiger partial charge in [0.15, 0.2) is 0 Å². The van der Waals surface area contributed by atoms with Crippen LogP contribution >= 0.6 is 0 Å². The molecule has 0 radical (unpaired) electrons. The topological polar surface area (TPSA) is 29.5 Å². The van der Waals surface area contributed by atoms with Gasteiger partial charge in [-0.3, -0.25) is 4.79 Å². The van der Waals surface area contributed by atoms with Crippen LogP contribution in [0.1, 0.15) is 13.3 Å². The first-order valence-corrected chi connectivity index (χ1v) is 5.22. The number of hydrogen-bond donors (Lipinski definition) is 0. The molecule has 1 rings (SSSR count). The molecule has 0 heterocycles. The fourth-order valence-corrected chi connectivity index (χ4v) is 1.45. The Kier molecular flexibility index (Phi) is 4.58. The smallest absolute Gasteiger partial charge is 0.223 e. The van der Waals surface area contributed by atoms with E-state index in [1.54, 1.807) is 25.0 Å². The Morgan fingerprint density at radius 2 is 2.06 bits per heavy atom. The summed E-state index contributed by atoms with van der Waals surface area (Å²) >= 11 is 0. The molecule has 3 heteroatoms. The highest BCUT2D eigenvalue weighted by molar-refractivity contribution is 5.91. The Balaban J connectivity index is 2.83. The molecule has 0 aromatic heterocycles. The number of carbonyl (C=O) groups is 1. The van der Waals surface area contributed by atoms with Gasteiger partial charge in [-0.05, 0) is 30.7 Å². The average molecular weight is 219 g/mol. The van der Waals surface area contributed by atoms with E-state index in [4.69, 9.17) is 4.74 Å². The van der Waals surface area contributed by atoms with Crippen molar-refractivity contribution in [1.29, 1.82) is 0 Å². The molecular formula is C13H17NO2. The largest absolute Gasteiger partial charge is 0.497 e. The fourth-order valence-electron chi connectivity index (χ4n) is 1.45. The molecule has 0 spiro atoms. The van der Waals surface area contributed by atoms with Gasteiger partial charge in [0.1, 0.15) is 5.75 Å². The first-order chi connectivity index (χ1) is 7.69. The minimum Gasteiger partial charge on any atom is -0.497 e. The molecule has 0 aliphatic rings. The second-order valence-corrected chi connectivity index (χ2v) is 3.45. The third kappa shape index (κ3) is 3.12. The molecule has 86 valence electrons. The Bertz CT molecular complexity index is 357. The van der Waals surface area contributed by atoms with E-state index in [9.17, 15) is 4.79 Å². The third-order valence-electron chi connectivity index (χ3n) is 2.32. The minimum atomic E-state index is 0.0343. The molecular weight excluding hydrogens is 202 g/mol. The first kappa shape index (κ1) is 12.3. The maximum Gasteiger partial charge on any atom is 0.223 e. The average Bonchev–Trinajstić information content (AvgIpc) is 2.30. The van der Waals surface area contributed by atoms with Gasteiger partial charge >= 0.3 is 0 Å². The number of benzene rings is 1. The van der Waals surface area contributed by atoms with Crippen molar-refractivity contribution in [3.63, 3.8) is 0 Å². The lowest BCUT2D eigenvalue weighted by Crippen LogP contribution is -2.29. The van der Waals surface area contributed by atoms with Crippen LogP contribution in [0.4, 0.5) is 5.69 Å². The van der Waals surface area contributed by atoms with Gasteiger partial charge in [0.25, 0.3) is 0 Å². The molecule has 1 amide bonds. The van der Waals surface area contributed by atoms with E-state index in [0.29, 0.717) is 6.54 Å². The van der Waals surface area contributed by atoms with Gasteiger partial charge < -0.3 is 9.64 Å². The lowest BCUT2D eigenvalue weighted by Gasteiger charge is -2.20. The zero-order chi connectivity index (χ0) is 12.0. The van der Waals surface area contributed by atoms with Crippen molar-refractivity contribution in [3.05, 3.63) is 36.9 Å². The SMILES string of the molecule is C=CCCN(C(C)=O)c1ccc(OC)cc1. The second-order valence-electron chi connectivity index (χ2n) is 3.45. The van der Waals surface area contributed by atoms with Gasteiger partial charge in [-0.1, -0.05) is 6.08 Å². The van der Waals surface area contributed by atoms with E-state index in [-0.39, 0.29) is 5.91 Å². The van der Waals surface area contributed by atoms with Crippen LogP contribution in [0.2, 0.25) is 0 Å². The molecule has 0 aliphatic carbocycles. The molecule has 0 unspecified atom stereocenters. The number of ether oxygens (including phenoxy) is 1. The van der Waals surface area contributed by atoms with Crippen LogP contribution < -0.4 is 9.64 Å². The Morgan fingerprint density at radius 1 is 1.44 bits per heavy atom. The second kappa shape index (κ2) is 5.95. The van der Waals surface area contributed by atoms with E-state index in [0.717, 1.165) is 17.9 Å². The number of nitrogens with zero attached hydrogens (tertiary/aromatic N) is 1. The molecule has 1 aromatic carbocycles. The van der Waals surface area contributed by atoms with Crippen molar-refractivity contribution in [2.24, 2.45) is 0 Å². The standard InChI is InChI=1S/C13H17NO2/c1-4-5-10-14(11(2)15)12-6-8-13(16-3)9-7-12/h4,6-9H,1,5,10H2,2-3H3. The Morgan fingerprint density at radius 3 is 2.50 bits per heavy atom. The molecule has 16 heavy (non-hydrogen) atoms. The predicted molar refractivity (Wildman–Crippen MR) is 65.8 cm³/mol. The van der Waals surface area contributed by atoms with E-state index < -0.39 is 0 Å². The van der Waals surface area contributed by atoms with Gasteiger partial charge in [0, 0.05) is 19.2 Å². The number of anilines is 1. The van der Waals surface area contributed by atoms with Gasteiger partial charge in [-0.15, -0.1) is 6.58 Å². The molecule has 0 bridgehead atoms. The van der Waals surface area contributed by atoms with Crippen LogP contribution in [-0.2, 0) is 4.79 Å². The maximum absolute atomic E-state index is 11.5. The zero-order valence-corrected chi connectivity index (χ0v) is 9.77. The van der Waals surface area contributed by atoms with Crippen molar-refractivity contribution in [2.75, 3.05) is 18.6 Å². The molecule has 0 N–H and O–H groups in total. The van der Waals surface area contributed by atoms with Crippen molar-refractivity contribution in [2.45, 2.75) is 13.3 Å². The summed E-state index contributed by atoms with van der Waals surface area (Å²) in [4.78, 5) is 13.2. The summed E-state index contributed by atoms with van der Waals surface area (Å²) in [6, 6.07) is 7.45. The Labute approximate surface area is 96.3 Å². The predicted octanol–water partition coefficient (Wildman–Crippen LogP) is 2.62. The van der Waals surface area contributed by atoms with Gasteiger partial charge in [0.05, 0.1) is 7.11 Å². The van der Waals surface area contributed by atoms with Crippen LogP contribution in [0.25, 0.3) is 0 Å². The van der Waals surface area contributed by atoms with Gasteiger partial charge in [0.2, 0.25) is 5.91 Å². The lowest BCUT2D eigenvalue weighted by atomic mass is 10.2. The number of methoxy groups -OCH3 is 1. The maximum atomic E-state index is 11.5. The number of carbonyl (C=O) groups excluding carboxylic acids is 1. The number of amides is 1. The van der Waals surface area contributed by atoms with Crippen molar-refractivity contribution in [3.8, 4) is 5.75 Å². The summed E-state index contributed by atoms with van der Waals surface area (Å²) in [5.74, 6) is 0.822. The Hall–Kier alpha value is -1.77. The molecule has 0 saturated carbocycles. The normalized spacial score (nSPS) is 9.62. The monoisotopic (exact) mass is 219 g/mol. The van der Waals surface area contributed by atoms with Crippen LogP contribution in [0, 0.1) is 0 Å². The highest BCUT2D eigenvalue weighted by atomic mass is 16.5. The number of rotatable bonds is 5. The van der Waals surface area contributed by atoms with Crippen molar-refractivity contribution >= 4 is 11.6 Å². The van der Waals surface area contributed by atoms with Crippen LogP contribution in [-0.4, -0.2) is 19.6 Å². The number of hydrogen-bond acceptors (Lipinski definition) is 2. The fraction of sp³-hybridized carbons (Fsp3) is 0.308. The molecule has 0 atom stereocenters. The summed E-state index contributed by atoms with van der Waals surface area (Å²) in [5.41, 5.74) is 0.884. The molecule has 1 aromatic rings. The molecule has 0 aliphatic heterocycles. The zero-order valence-electron chi connectivity index (χ0n) is 9.77. The summed E-state index contributed by atoms with van der Waals surface area (Å²) in [7, 11) is 1.62. The molecule has 0 saturated heterocycles. The molecule has 3 nitrogen and oxygen atoms in total.